The minimum atomic E-state index is -1.47. The van der Waals surface area contributed by atoms with Gasteiger partial charge in [0.1, 0.15) is 28.1 Å². The summed E-state index contributed by atoms with van der Waals surface area (Å²) in [5, 5.41) is 5.47. The molecule has 0 heterocycles. The number of hydrogen-bond donors (Lipinski definition) is 2. The summed E-state index contributed by atoms with van der Waals surface area (Å²) in [6.07, 6.45) is 2.01. The first kappa shape index (κ1) is 26.1. The van der Waals surface area contributed by atoms with Gasteiger partial charge in [-0.3, -0.25) is 4.79 Å². The minimum Gasteiger partial charge on any atom is -0.384 e. The largest absolute Gasteiger partial charge is 0.384 e. The fourth-order valence-electron chi connectivity index (χ4n) is 4.13. The number of nitrogens with one attached hydrogen (secondary N) is 2. The van der Waals surface area contributed by atoms with Gasteiger partial charge in [0, 0.05) is 29.8 Å². The molecule has 1 aliphatic rings. The van der Waals surface area contributed by atoms with Crippen LogP contribution in [0.2, 0.25) is 5.02 Å². The van der Waals surface area contributed by atoms with E-state index in [1.54, 1.807) is 6.07 Å². The van der Waals surface area contributed by atoms with Crippen molar-refractivity contribution in [2.24, 2.45) is 5.41 Å². The quantitative estimate of drug-likeness (QED) is 0.229. The van der Waals surface area contributed by atoms with Gasteiger partial charge in [0.2, 0.25) is 0 Å². The lowest BCUT2D eigenvalue weighted by molar-refractivity contribution is -0.112. The Morgan fingerprint density at radius 1 is 1.03 bits per heavy atom. The summed E-state index contributed by atoms with van der Waals surface area (Å²) in [6.45, 7) is 3.57. The summed E-state index contributed by atoms with van der Waals surface area (Å²) < 4.78 is 39.5. The molecule has 4 rings (SSSR count). The van der Waals surface area contributed by atoms with Gasteiger partial charge in [-0.1, -0.05) is 53.5 Å². The van der Waals surface area contributed by atoms with Crippen LogP contribution in [0.15, 0.2) is 61.2 Å². The van der Waals surface area contributed by atoms with Crippen molar-refractivity contribution < 1.29 is 22.8 Å². The van der Waals surface area contributed by atoms with Crippen LogP contribution in [0.25, 0.3) is 6.08 Å². The highest BCUT2D eigenvalue weighted by molar-refractivity contribution is 6.54. The highest BCUT2D eigenvalue weighted by Crippen LogP contribution is 2.73. The fourth-order valence-corrected chi connectivity index (χ4v) is 5.30. The van der Waals surface area contributed by atoms with Crippen molar-refractivity contribution in [3.63, 3.8) is 0 Å². The van der Waals surface area contributed by atoms with Gasteiger partial charge in [0.15, 0.2) is 0 Å². The average Bonchev–Trinajstić information content (AvgIpc) is 3.35. The van der Waals surface area contributed by atoms with Crippen molar-refractivity contribution in [1.29, 1.82) is 0 Å². The molecular formula is C26H18Cl3F3N2O2. The van der Waals surface area contributed by atoms with Gasteiger partial charge in [-0.15, -0.1) is 0 Å². The predicted octanol–water partition coefficient (Wildman–Crippen LogP) is 7.22. The zero-order valence-electron chi connectivity index (χ0n) is 18.4. The SMILES string of the molecule is C=Cc1cc(C2C(Cl)(Cl)C2(C=O)CNc2ccc(Cl)c(C(=O)Nc3ccc(F)cc3F)c2)ccc1F. The van der Waals surface area contributed by atoms with Gasteiger partial charge in [0.05, 0.1) is 21.7 Å². The van der Waals surface area contributed by atoms with E-state index in [9.17, 15) is 22.8 Å². The number of anilines is 2. The summed E-state index contributed by atoms with van der Waals surface area (Å²) in [7, 11) is 0. The molecule has 4 nitrogen and oxygen atoms in total. The van der Waals surface area contributed by atoms with Crippen molar-refractivity contribution in [3.8, 4) is 0 Å². The lowest BCUT2D eigenvalue weighted by Crippen LogP contribution is -2.23. The number of hydrogen-bond acceptors (Lipinski definition) is 3. The van der Waals surface area contributed by atoms with Crippen molar-refractivity contribution in [2.75, 3.05) is 17.2 Å². The van der Waals surface area contributed by atoms with E-state index in [4.69, 9.17) is 34.8 Å². The molecule has 186 valence electrons. The molecule has 3 aromatic rings. The Bertz CT molecular complexity index is 1380. The van der Waals surface area contributed by atoms with Crippen LogP contribution in [0.5, 0.6) is 0 Å². The Hall–Kier alpha value is -3.00. The Balaban J connectivity index is 1.54. The van der Waals surface area contributed by atoms with Crippen LogP contribution in [0.4, 0.5) is 24.5 Å². The summed E-state index contributed by atoms with van der Waals surface area (Å²) in [4.78, 5) is 24.9. The van der Waals surface area contributed by atoms with Gasteiger partial charge in [-0.25, -0.2) is 13.2 Å². The molecule has 1 amide bonds. The van der Waals surface area contributed by atoms with Crippen molar-refractivity contribution in [1.82, 2.24) is 0 Å². The molecule has 2 unspecified atom stereocenters. The molecule has 1 saturated carbocycles. The van der Waals surface area contributed by atoms with Crippen molar-refractivity contribution in [2.45, 2.75) is 10.3 Å². The number of aldehydes is 1. The second-order valence-corrected chi connectivity index (χ2v) is 10.1. The summed E-state index contributed by atoms with van der Waals surface area (Å²) in [6, 6.07) is 11.5. The maximum atomic E-state index is 13.9. The zero-order valence-corrected chi connectivity index (χ0v) is 20.7. The lowest BCUT2D eigenvalue weighted by Gasteiger charge is -2.15. The van der Waals surface area contributed by atoms with Gasteiger partial charge in [0.25, 0.3) is 5.91 Å². The number of alkyl halides is 2. The van der Waals surface area contributed by atoms with Crippen molar-refractivity contribution in [3.05, 3.63) is 100 Å². The normalized spacial score (nSPS) is 19.9. The van der Waals surface area contributed by atoms with Gasteiger partial charge in [-0.2, -0.15) is 0 Å². The molecule has 0 aromatic heterocycles. The number of benzene rings is 3. The Kier molecular flexibility index (Phi) is 7.10. The average molecular weight is 554 g/mol. The molecule has 1 aliphatic carbocycles. The fraction of sp³-hybridized carbons (Fsp3) is 0.154. The van der Waals surface area contributed by atoms with Crippen LogP contribution < -0.4 is 10.6 Å². The van der Waals surface area contributed by atoms with Gasteiger partial charge < -0.3 is 15.4 Å². The first-order valence-corrected chi connectivity index (χ1v) is 11.7. The van der Waals surface area contributed by atoms with Crippen LogP contribution in [-0.2, 0) is 4.79 Å². The molecule has 0 bridgehead atoms. The second-order valence-electron chi connectivity index (χ2n) is 8.33. The highest BCUT2D eigenvalue weighted by Gasteiger charge is 2.76. The second kappa shape index (κ2) is 9.81. The first-order chi connectivity index (χ1) is 17.0. The third-order valence-electron chi connectivity index (χ3n) is 6.17. The monoisotopic (exact) mass is 552 g/mol. The number of carbonyl (C=O) groups is 2. The standard InChI is InChI=1S/C26H18Cl3F3N2O2/c1-2-14-9-15(3-7-20(14)31)23-25(13-35,26(23,28)29)12-33-17-5-6-19(27)18(11-17)24(36)34-22-8-4-16(30)10-21(22)32/h2-11,13,23,33H,1,12H2,(H,34,36). The predicted molar refractivity (Wildman–Crippen MR) is 136 cm³/mol. The van der Waals surface area contributed by atoms with E-state index in [1.807, 2.05) is 0 Å². The maximum absolute atomic E-state index is 13.9. The van der Waals surface area contributed by atoms with Crippen LogP contribution in [-0.4, -0.2) is 23.1 Å². The Morgan fingerprint density at radius 2 is 1.78 bits per heavy atom. The van der Waals surface area contributed by atoms with E-state index in [-0.39, 0.29) is 28.4 Å². The summed E-state index contributed by atoms with van der Waals surface area (Å²) in [5.74, 6) is -3.55. The number of halogens is 6. The zero-order chi connectivity index (χ0) is 26.3. The van der Waals surface area contributed by atoms with E-state index >= 15 is 0 Å². The Labute approximate surface area is 220 Å². The molecule has 1 fully saturated rings. The number of amides is 1. The molecule has 0 radical (unpaired) electrons. The van der Waals surface area contributed by atoms with Crippen LogP contribution in [0.1, 0.15) is 27.4 Å². The number of carbonyl (C=O) groups excluding carboxylic acids is 2. The molecule has 3 aromatic carbocycles. The third kappa shape index (κ3) is 4.59. The van der Waals surface area contributed by atoms with E-state index in [0.717, 1.165) is 12.1 Å². The Morgan fingerprint density at radius 3 is 2.44 bits per heavy atom. The minimum absolute atomic E-state index is 0.00932. The van der Waals surface area contributed by atoms with Crippen LogP contribution in [0.3, 0.4) is 0 Å². The van der Waals surface area contributed by atoms with Gasteiger partial charge >= 0.3 is 0 Å². The molecule has 2 atom stereocenters. The first-order valence-electron chi connectivity index (χ1n) is 10.6. The number of rotatable bonds is 8. The molecule has 10 heteroatoms. The maximum Gasteiger partial charge on any atom is 0.257 e. The summed E-state index contributed by atoms with van der Waals surface area (Å²) >= 11 is 19.2. The van der Waals surface area contributed by atoms with E-state index in [1.165, 1.54) is 36.4 Å². The van der Waals surface area contributed by atoms with Crippen LogP contribution >= 0.6 is 34.8 Å². The molecular weight excluding hydrogens is 536 g/mol. The molecule has 36 heavy (non-hydrogen) atoms. The lowest BCUT2D eigenvalue weighted by atomic mass is 9.98. The molecule has 2 N–H and O–H groups in total. The van der Waals surface area contributed by atoms with Crippen LogP contribution in [0, 0.1) is 22.9 Å². The summed E-state index contributed by atoms with van der Waals surface area (Å²) in [5.41, 5.74) is -0.221. The highest BCUT2D eigenvalue weighted by atomic mass is 35.5. The van der Waals surface area contributed by atoms with Crippen molar-refractivity contribution >= 4 is 64.4 Å². The third-order valence-corrected chi connectivity index (χ3v) is 7.64. The van der Waals surface area contributed by atoms with E-state index in [0.29, 0.717) is 23.6 Å². The topological polar surface area (TPSA) is 58.2 Å². The van der Waals surface area contributed by atoms with Gasteiger partial charge in [-0.05, 0) is 48.0 Å². The van der Waals surface area contributed by atoms with E-state index < -0.39 is 39.0 Å². The molecule has 0 spiro atoms. The smallest absolute Gasteiger partial charge is 0.257 e. The molecule has 0 saturated heterocycles. The molecule has 0 aliphatic heterocycles. The van der Waals surface area contributed by atoms with E-state index in [2.05, 4.69) is 17.2 Å².